The summed E-state index contributed by atoms with van der Waals surface area (Å²) in [6.07, 6.45) is 0.474. The summed E-state index contributed by atoms with van der Waals surface area (Å²) in [7, 11) is 0. The van der Waals surface area contributed by atoms with Gasteiger partial charge in [0.15, 0.2) is 0 Å². The molecule has 7 nitrogen and oxygen atoms in total. The van der Waals surface area contributed by atoms with Crippen LogP contribution < -0.4 is 10.6 Å². The van der Waals surface area contributed by atoms with Gasteiger partial charge in [0.05, 0.1) is 10.7 Å². The molecule has 3 aromatic rings. The number of benzene rings is 2. The minimum Gasteiger partial charge on any atom is -0.339 e. The summed E-state index contributed by atoms with van der Waals surface area (Å²) in [4.78, 5) is 27.7. The molecule has 156 valence electrons. The highest BCUT2D eigenvalue weighted by atomic mass is 35.5. The third kappa shape index (κ3) is 5.67. The maximum absolute atomic E-state index is 12.2. The van der Waals surface area contributed by atoms with Crippen molar-refractivity contribution in [2.45, 2.75) is 39.5 Å². The summed E-state index contributed by atoms with van der Waals surface area (Å²) >= 11 is 6.17. The van der Waals surface area contributed by atoms with E-state index in [0.717, 1.165) is 5.56 Å². The zero-order chi connectivity index (χ0) is 21.7. The van der Waals surface area contributed by atoms with Gasteiger partial charge in [-0.2, -0.15) is 4.98 Å². The van der Waals surface area contributed by atoms with Gasteiger partial charge in [0, 0.05) is 31.0 Å². The Balaban J connectivity index is 1.56. The summed E-state index contributed by atoms with van der Waals surface area (Å²) in [6.45, 7) is 5.68. The lowest BCUT2D eigenvalue weighted by Crippen LogP contribution is -2.13. The summed E-state index contributed by atoms with van der Waals surface area (Å²) in [5.41, 5.74) is 3.13. The minimum absolute atomic E-state index is 0.164. The Labute approximate surface area is 179 Å². The Morgan fingerprint density at radius 2 is 1.83 bits per heavy atom. The average Bonchev–Trinajstić information content (AvgIpc) is 3.17. The fraction of sp³-hybridized carbons (Fsp3) is 0.273. The molecule has 2 amide bonds. The van der Waals surface area contributed by atoms with E-state index in [2.05, 4.69) is 34.6 Å². The molecule has 0 radical (unpaired) electrons. The van der Waals surface area contributed by atoms with Crippen molar-refractivity contribution in [3.8, 4) is 11.4 Å². The molecular weight excluding hydrogens is 404 g/mol. The van der Waals surface area contributed by atoms with Gasteiger partial charge in [0.1, 0.15) is 0 Å². The molecule has 0 spiro atoms. The second-order valence-electron chi connectivity index (χ2n) is 7.21. The fourth-order valence-corrected chi connectivity index (χ4v) is 3.05. The van der Waals surface area contributed by atoms with Crippen LogP contribution >= 0.6 is 11.6 Å². The average molecular weight is 427 g/mol. The molecule has 0 aliphatic carbocycles. The molecule has 2 aromatic carbocycles. The van der Waals surface area contributed by atoms with Crippen LogP contribution in [0.5, 0.6) is 0 Å². The smallest absolute Gasteiger partial charge is 0.227 e. The number of aromatic nitrogens is 2. The third-order valence-electron chi connectivity index (χ3n) is 4.43. The van der Waals surface area contributed by atoms with Crippen molar-refractivity contribution >= 4 is 34.8 Å². The van der Waals surface area contributed by atoms with Crippen LogP contribution in [-0.2, 0) is 16.0 Å². The van der Waals surface area contributed by atoms with Crippen molar-refractivity contribution in [2.75, 3.05) is 10.6 Å². The highest BCUT2D eigenvalue weighted by molar-refractivity contribution is 6.34. The topological polar surface area (TPSA) is 97.1 Å². The van der Waals surface area contributed by atoms with Crippen LogP contribution in [0.1, 0.15) is 44.6 Å². The minimum atomic E-state index is -0.231. The molecule has 3 rings (SSSR count). The van der Waals surface area contributed by atoms with E-state index < -0.39 is 0 Å². The number of amides is 2. The predicted octanol–water partition coefficient (Wildman–Crippen LogP) is 5.04. The monoisotopic (exact) mass is 426 g/mol. The van der Waals surface area contributed by atoms with E-state index in [4.69, 9.17) is 16.1 Å². The lowest BCUT2D eigenvalue weighted by atomic mass is 10.0. The summed E-state index contributed by atoms with van der Waals surface area (Å²) in [5, 5.41) is 9.71. The summed E-state index contributed by atoms with van der Waals surface area (Å²) in [6, 6.07) is 12.9. The Morgan fingerprint density at radius 1 is 1.10 bits per heavy atom. The van der Waals surface area contributed by atoms with E-state index in [-0.39, 0.29) is 18.2 Å². The van der Waals surface area contributed by atoms with E-state index in [1.165, 1.54) is 12.5 Å². The first-order valence-electron chi connectivity index (χ1n) is 9.61. The molecule has 0 aliphatic rings. The number of aryl methyl sites for hydroxylation is 1. The van der Waals surface area contributed by atoms with Crippen LogP contribution in [0.3, 0.4) is 0 Å². The van der Waals surface area contributed by atoms with Crippen molar-refractivity contribution in [3.63, 3.8) is 0 Å². The van der Waals surface area contributed by atoms with E-state index in [9.17, 15) is 9.59 Å². The predicted molar refractivity (Wildman–Crippen MR) is 117 cm³/mol. The number of carbonyl (C=O) groups excluding carboxylic acids is 2. The molecule has 0 saturated carbocycles. The van der Waals surface area contributed by atoms with Crippen molar-refractivity contribution < 1.29 is 14.1 Å². The number of carbonyl (C=O) groups is 2. The van der Waals surface area contributed by atoms with E-state index >= 15 is 0 Å². The molecule has 30 heavy (non-hydrogen) atoms. The molecular formula is C22H23ClN4O3. The highest BCUT2D eigenvalue weighted by Gasteiger charge is 2.12. The zero-order valence-electron chi connectivity index (χ0n) is 17.0. The fourth-order valence-electron chi connectivity index (χ4n) is 2.82. The van der Waals surface area contributed by atoms with Gasteiger partial charge in [-0.3, -0.25) is 9.59 Å². The molecule has 0 bridgehead atoms. The first kappa shape index (κ1) is 21.5. The van der Waals surface area contributed by atoms with Crippen LogP contribution in [0.25, 0.3) is 11.4 Å². The van der Waals surface area contributed by atoms with E-state index in [0.29, 0.717) is 40.5 Å². The van der Waals surface area contributed by atoms with Gasteiger partial charge in [-0.15, -0.1) is 0 Å². The number of nitrogens with one attached hydrogen (secondary N) is 2. The number of anilines is 2. The second kappa shape index (κ2) is 9.54. The largest absolute Gasteiger partial charge is 0.339 e. The van der Waals surface area contributed by atoms with Crippen LogP contribution in [0.2, 0.25) is 5.02 Å². The first-order valence-corrected chi connectivity index (χ1v) is 9.99. The van der Waals surface area contributed by atoms with Crippen LogP contribution in [-0.4, -0.2) is 22.0 Å². The molecule has 1 heterocycles. The lowest BCUT2D eigenvalue weighted by molar-refractivity contribution is -0.116. The van der Waals surface area contributed by atoms with Gasteiger partial charge in [0.2, 0.25) is 23.5 Å². The van der Waals surface area contributed by atoms with Gasteiger partial charge >= 0.3 is 0 Å². The molecule has 2 N–H and O–H groups in total. The van der Waals surface area contributed by atoms with Crippen molar-refractivity contribution in [2.24, 2.45) is 0 Å². The van der Waals surface area contributed by atoms with Crippen molar-refractivity contribution in [1.29, 1.82) is 0 Å². The van der Waals surface area contributed by atoms with E-state index in [1.807, 2.05) is 24.3 Å². The van der Waals surface area contributed by atoms with Crippen LogP contribution in [0, 0.1) is 0 Å². The number of halogens is 1. The van der Waals surface area contributed by atoms with Gasteiger partial charge in [0.25, 0.3) is 0 Å². The maximum atomic E-state index is 12.2. The van der Waals surface area contributed by atoms with Gasteiger partial charge in [-0.25, -0.2) is 0 Å². The Hall–Kier alpha value is -3.19. The second-order valence-corrected chi connectivity index (χ2v) is 7.62. The van der Waals surface area contributed by atoms with Crippen molar-refractivity contribution in [3.05, 3.63) is 58.9 Å². The SMILES string of the molecule is CC(=O)Nc1ccc(NC(=O)CCc2nc(-c3ccc(C(C)C)cc3)no2)c(Cl)c1. The Bertz CT molecular complexity index is 1040. The molecule has 0 atom stereocenters. The van der Waals surface area contributed by atoms with Gasteiger partial charge in [-0.05, 0) is 29.7 Å². The first-order chi connectivity index (χ1) is 14.3. The number of rotatable bonds is 7. The number of nitrogens with zero attached hydrogens (tertiary/aromatic N) is 2. The van der Waals surface area contributed by atoms with Crippen LogP contribution in [0.15, 0.2) is 47.0 Å². The molecule has 0 saturated heterocycles. The van der Waals surface area contributed by atoms with Crippen LogP contribution in [0.4, 0.5) is 11.4 Å². The molecule has 8 heteroatoms. The zero-order valence-corrected chi connectivity index (χ0v) is 17.8. The maximum Gasteiger partial charge on any atom is 0.227 e. The summed E-state index contributed by atoms with van der Waals surface area (Å²) < 4.78 is 5.27. The number of hydrogen-bond donors (Lipinski definition) is 2. The number of hydrogen-bond acceptors (Lipinski definition) is 5. The quantitative estimate of drug-likeness (QED) is 0.551. The van der Waals surface area contributed by atoms with Gasteiger partial charge in [-0.1, -0.05) is 54.9 Å². The third-order valence-corrected chi connectivity index (χ3v) is 4.75. The molecule has 1 aromatic heterocycles. The Morgan fingerprint density at radius 3 is 2.47 bits per heavy atom. The van der Waals surface area contributed by atoms with E-state index in [1.54, 1.807) is 18.2 Å². The highest BCUT2D eigenvalue weighted by Crippen LogP contribution is 2.26. The summed E-state index contributed by atoms with van der Waals surface area (Å²) in [5.74, 6) is 0.911. The molecule has 0 aliphatic heterocycles. The van der Waals surface area contributed by atoms with Crippen molar-refractivity contribution in [1.82, 2.24) is 10.1 Å². The Kier molecular flexibility index (Phi) is 6.84. The van der Waals surface area contributed by atoms with Gasteiger partial charge < -0.3 is 15.2 Å². The normalized spacial score (nSPS) is 10.8. The molecule has 0 unspecified atom stereocenters. The molecule has 0 fully saturated rings. The standard InChI is InChI=1S/C22H23ClN4O3/c1-13(2)15-4-6-16(7-5-15)22-26-21(30-27-22)11-10-20(29)25-19-9-8-17(12-18(19)23)24-14(3)28/h4-9,12-13H,10-11H2,1-3H3,(H,24,28)(H,25,29). The lowest BCUT2D eigenvalue weighted by Gasteiger charge is -2.09.